The highest BCUT2D eigenvalue weighted by atomic mass is 32.2. The number of hydrogen-bond donors (Lipinski definition) is 1. The van der Waals surface area contributed by atoms with Crippen LogP contribution in [0.3, 0.4) is 0 Å². The van der Waals surface area contributed by atoms with Crippen LogP contribution < -0.4 is 9.46 Å². The number of carbonyl (C=O) groups excluding carboxylic acids is 1. The molecule has 3 rings (SSSR count). The SMILES string of the molecule is COc1ccc(S(=O)(=O)NC(C)(C)Cc2ccccc2)cc1C(=O)N1CCC(C)CC1. The summed E-state index contributed by atoms with van der Waals surface area (Å²) in [4.78, 5) is 15.0. The number of benzene rings is 2. The van der Waals surface area contributed by atoms with E-state index in [0.29, 0.717) is 31.2 Å². The van der Waals surface area contributed by atoms with E-state index in [1.54, 1.807) is 11.0 Å². The Hall–Kier alpha value is -2.38. The van der Waals surface area contributed by atoms with E-state index in [4.69, 9.17) is 4.74 Å². The summed E-state index contributed by atoms with van der Waals surface area (Å²) in [5.41, 5.74) is 0.619. The van der Waals surface area contributed by atoms with Gasteiger partial charge < -0.3 is 9.64 Å². The molecule has 1 N–H and O–H groups in total. The minimum absolute atomic E-state index is 0.0585. The Bertz CT molecular complexity index is 1010. The fourth-order valence-corrected chi connectivity index (χ4v) is 5.41. The van der Waals surface area contributed by atoms with Crippen LogP contribution in [0.5, 0.6) is 5.75 Å². The van der Waals surface area contributed by atoms with Gasteiger partial charge in [0, 0.05) is 18.6 Å². The van der Waals surface area contributed by atoms with E-state index in [1.807, 2.05) is 44.2 Å². The van der Waals surface area contributed by atoms with Gasteiger partial charge in [-0.05, 0) is 62.8 Å². The maximum Gasteiger partial charge on any atom is 0.257 e. The van der Waals surface area contributed by atoms with Gasteiger partial charge in [-0.25, -0.2) is 13.1 Å². The largest absolute Gasteiger partial charge is 0.496 e. The molecule has 168 valence electrons. The monoisotopic (exact) mass is 444 g/mol. The van der Waals surface area contributed by atoms with Crippen LogP contribution in [0.4, 0.5) is 0 Å². The number of hydrogen-bond acceptors (Lipinski definition) is 4. The van der Waals surface area contributed by atoms with Crippen LogP contribution >= 0.6 is 0 Å². The maximum atomic E-state index is 13.2. The Kier molecular flexibility index (Phi) is 7.06. The number of likely N-dealkylation sites (tertiary alicyclic amines) is 1. The van der Waals surface area contributed by atoms with Crippen LogP contribution in [0.25, 0.3) is 0 Å². The van der Waals surface area contributed by atoms with Crippen molar-refractivity contribution in [2.24, 2.45) is 5.92 Å². The number of carbonyl (C=O) groups is 1. The minimum atomic E-state index is -3.83. The van der Waals surface area contributed by atoms with Crippen molar-refractivity contribution in [1.29, 1.82) is 0 Å². The highest BCUT2D eigenvalue weighted by Crippen LogP contribution is 2.27. The van der Waals surface area contributed by atoms with Gasteiger partial charge in [0.1, 0.15) is 5.75 Å². The van der Waals surface area contributed by atoms with E-state index in [2.05, 4.69) is 11.6 Å². The van der Waals surface area contributed by atoms with E-state index >= 15 is 0 Å². The molecular formula is C24H32N2O4S. The van der Waals surface area contributed by atoms with Gasteiger partial charge in [-0.3, -0.25) is 4.79 Å². The molecular weight excluding hydrogens is 412 g/mol. The third kappa shape index (κ3) is 5.86. The average Bonchev–Trinajstić information content (AvgIpc) is 2.73. The first-order valence-corrected chi connectivity index (χ1v) is 12.1. The Morgan fingerprint density at radius 3 is 2.39 bits per heavy atom. The van der Waals surface area contributed by atoms with Gasteiger partial charge in [-0.1, -0.05) is 37.3 Å². The topological polar surface area (TPSA) is 75.7 Å². The summed E-state index contributed by atoms with van der Waals surface area (Å²) in [6.45, 7) is 7.22. The Labute approximate surface area is 185 Å². The average molecular weight is 445 g/mol. The molecule has 2 aromatic rings. The number of nitrogens with zero attached hydrogens (tertiary/aromatic N) is 1. The molecule has 31 heavy (non-hydrogen) atoms. The van der Waals surface area contributed by atoms with Crippen molar-refractivity contribution in [1.82, 2.24) is 9.62 Å². The zero-order chi connectivity index (χ0) is 22.6. The summed E-state index contributed by atoms with van der Waals surface area (Å²) in [6, 6.07) is 14.2. The third-order valence-electron chi connectivity index (χ3n) is 5.68. The predicted molar refractivity (Wildman–Crippen MR) is 122 cm³/mol. The number of ether oxygens (including phenoxy) is 1. The zero-order valence-corrected chi connectivity index (χ0v) is 19.5. The first kappa shape index (κ1) is 23.3. The lowest BCUT2D eigenvalue weighted by Crippen LogP contribution is -2.45. The van der Waals surface area contributed by atoms with E-state index in [9.17, 15) is 13.2 Å². The fraction of sp³-hybridized carbons (Fsp3) is 0.458. The summed E-state index contributed by atoms with van der Waals surface area (Å²) in [7, 11) is -2.35. The van der Waals surface area contributed by atoms with Crippen LogP contribution in [0.2, 0.25) is 0 Å². The molecule has 0 saturated carbocycles. The van der Waals surface area contributed by atoms with Crippen LogP contribution in [0.1, 0.15) is 49.5 Å². The van der Waals surface area contributed by atoms with Crippen molar-refractivity contribution >= 4 is 15.9 Å². The number of methoxy groups -OCH3 is 1. The summed E-state index contributed by atoms with van der Waals surface area (Å²) in [5, 5.41) is 0. The molecule has 1 amide bonds. The molecule has 2 aromatic carbocycles. The number of sulfonamides is 1. The van der Waals surface area contributed by atoms with E-state index in [0.717, 1.165) is 18.4 Å². The molecule has 0 spiro atoms. The molecule has 0 bridgehead atoms. The van der Waals surface area contributed by atoms with E-state index in [1.165, 1.54) is 19.2 Å². The highest BCUT2D eigenvalue weighted by Gasteiger charge is 2.29. The molecule has 1 aliphatic heterocycles. The number of piperidine rings is 1. The van der Waals surface area contributed by atoms with Crippen molar-refractivity contribution in [2.45, 2.75) is 50.5 Å². The molecule has 0 atom stereocenters. The van der Waals surface area contributed by atoms with Gasteiger partial charge in [-0.15, -0.1) is 0 Å². The maximum absolute atomic E-state index is 13.2. The summed E-state index contributed by atoms with van der Waals surface area (Å²) in [6.07, 6.45) is 2.43. The Morgan fingerprint density at radius 1 is 1.13 bits per heavy atom. The number of nitrogens with one attached hydrogen (secondary N) is 1. The third-order valence-corrected chi connectivity index (χ3v) is 7.38. The first-order chi connectivity index (χ1) is 14.6. The molecule has 7 heteroatoms. The second kappa shape index (κ2) is 9.40. The molecule has 6 nitrogen and oxygen atoms in total. The molecule has 1 saturated heterocycles. The van der Waals surface area contributed by atoms with Crippen LogP contribution in [0, 0.1) is 5.92 Å². The number of amides is 1. The van der Waals surface area contributed by atoms with Gasteiger partial charge in [-0.2, -0.15) is 0 Å². The second-order valence-electron chi connectivity index (χ2n) is 8.99. The van der Waals surface area contributed by atoms with Crippen LogP contribution in [0.15, 0.2) is 53.4 Å². The van der Waals surface area contributed by atoms with Crippen LogP contribution in [-0.4, -0.2) is 45.0 Å². The zero-order valence-electron chi connectivity index (χ0n) is 18.7. The van der Waals surface area contributed by atoms with Gasteiger partial charge >= 0.3 is 0 Å². The van der Waals surface area contributed by atoms with Crippen molar-refractivity contribution in [3.05, 3.63) is 59.7 Å². The Balaban J connectivity index is 1.84. The van der Waals surface area contributed by atoms with Gasteiger partial charge in [0.25, 0.3) is 5.91 Å². The van der Waals surface area contributed by atoms with Gasteiger partial charge in [0.2, 0.25) is 10.0 Å². The van der Waals surface area contributed by atoms with Crippen molar-refractivity contribution in [2.75, 3.05) is 20.2 Å². The van der Waals surface area contributed by atoms with E-state index in [-0.39, 0.29) is 16.4 Å². The predicted octanol–water partition coefficient (Wildman–Crippen LogP) is 3.87. The molecule has 1 heterocycles. The lowest BCUT2D eigenvalue weighted by atomic mass is 9.96. The van der Waals surface area contributed by atoms with Crippen molar-refractivity contribution < 1.29 is 17.9 Å². The summed E-state index contributed by atoms with van der Waals surface area (Å²) < 4.78 is 34.5. The quantitative estimate of drug-likeness (QED) is 0.703. The van der Waals surface area contributed by atoms with Crippen LogP contribution in [-0.2, 0) is 16.4 Å². The van der Waals surface area contributed by atoms with Crippen molar-refractivity contribution in [3.63, 3.8) is 0 Å². The second-order valence-corrected chi connectivity index (χ2v) is 10.7. The molecule has 1 fully saturated rings. The molecule has 0 radical (unpaired) electrons. The lowest BCUT2D eigenvalue weighted by Gasteiger charge is -2.31. The standard InChI is InChI=1S/C24H32N2O4S/c1-18-12-14-26(15-13-18)23(27)21-16-20(10-11-22(21)30-4)31(28,29)25-24(2,3)17-19-8-6-5-7-9-19/h5-11,16,18,25H,12-15,17H2,1-4H3. The fourth-order valence-electron chi connectivity index (χ4n) is 3.97. The highest BCUT2D eigenvalue weighted by molar-refractivity contribution is 7.89. The summed E-state index contributed by atoms with van der Waals surface area (Å²) in [5.74, 6) is 0.782. The summed E-state index contributed by atoms with van der Waals surface area (Å²) >= 11 is 0. The number of rotatable bonds is 7. The Morgan fingerprint density at radius 2 is 1.77 bits per heavy atom. The minimum Gasteiger partial charge on any atom is -0.496 e. The molecule has 1 aliphatic rings. The van der Waals surface area contributed by atoms with E-state index < -0.39 is 15.6 Å². The smallest absolute Gasteiger partial charge is 0.257 e. The lowest BCUT2D eigenvalue weighted by molar-refractivity contribution is 0.0693. The van der Waals surface area contributed by atoms with Gasteiger partial charge in [0.05, 0.1) is 17.6 Å². The van der Waals surface area contributed by atoms with Crippen molar-refractivity contribution in [3.8, 4) is 5.75 Å². The first-order valence-electron chi connectivity index (χ1n) is 10.7. The molecule has 0 aliphatic carbocycles. The normalized spacial score (nSPS) is 15.7. The molecule has 0 aromatic heterocycles. The van der Waals surface area contributed by atoms with Gasteiger partial charge in [0.15, 0.2) is 0 Å². The molecule has 0 unspecified atom stereocenters.